The van der Waals surface area contributed by atoms with E-state index in [9.17, 15) is 14.0 Å². The van der Waals surface area contributed by atoms with Crippen LogP contribution in [0.25, 0.3) is 11.0 Å². The Morgan fingerprint density at radius 2 is 1.72 bits per heavy atom. The average Bonchev–Trinajstić information content (AvgIpc) is 3.29. The quantitative estimate of drug-likeness (QED) is 0.455. The maximum Gasteiger partial charge on any atom is 0.337 e. The number of halogens is 1. The molecule has 1 atom stereocenters. The highest BCUT2D eigenvalue weighted by Gasteiger charge is 2.45. The molecular weight excluding hydrogens is 413 g/mol. The third kappa shape index (κ3) is 3.69. The molecule has 0 aliphatic heterocycles. The van der Waals surface area contributed by atoms with E-state index in [4.69, 9.17) is 13.9 Å². The van der Waals surface area contributed by atoms with E-state index < -0.39 is 23.3 Å². The molecule has 1 aromatic heterocycles. The summed E-state index contributed by atoms with van der Waals surface area (Å²) in [6, 6.07) is 18.8. The van der Waals surface area contributed by atoms with E-state index in [-0.39, 0.29) is 11.1 Å². The Bertz CT molecular complexity index is 1300. The zero-order valence-electron chi connectivity index (χ0n) is 17.4. The van der Waals surface area contributed by atoms with Crippen molar-refractivity contribution in [1.29, 1.82) is 0 Å². The number of carbonyl (C=O) groups is 2. The van der Waals surface area contributed by atoms with Gasteiger partial charge in [-0.1, -0.05) is 24.3 Å². The van der Waals surface area contributed by atoms with Gasteiger partial charge in [0.2, 0.25) is 5.60 Å². The predicted molar refractivity (Wildman–Crippen MR) is 116 cm³/mol. The number of benzene rings is 3. The van der Waals surface area contributed by atoms with Gasteiger partial charge in [-0.05, 0) is 48.5 Å². The number of likely N-dealkylation sites (N-methyl/N-ethyl adjacent to an activating group) is 1. The first-order chi connectivity index (χ1) is 15.5. The Kier molecular flexibility index (Phi) is 5.64. The van der Waals surface area contributed by atoms with E-state index in [1.54, 1.807) is 54.8 Å². The lowest BCUT2D eigenvalue weighted by Gasteiger charge is -2.34. The van der Waals surface area contributed by atoms with Crippen LogP contribution in [-0.4, -0.2) is 26.0 Å². The summed E-state index contributed by atoms with van der Waals surface area (Å²) >= 11 is 0. The smallest absolute Gasteiger partial charge is 0.337 e. The van der Waals surface area contributed by atoms with Crippen molar-refractivity contribution in [2.75, 3.05) is 14.2 Å². The second kappa shape index (κ2) is 8.55. The summed E-state index contributed by atoms with van der Waals surface area (Å²) in [4.78, 5) is 25.6. The van der Waals surface area contributed by atoms with Crippen LogP contribution >= 0.6 is 0 Å². The third-order valence-corrected chi connectivity index (χ3v) is 5.16. The van der Waals surface area contributed by atoms with Crippen molar-refractivity contribution in [2.45, 2.75) is 5.60 Å². The van der Waals surface area contributed by atoms with Gasteiger partial charge < -0.3 is 19.2 Å². The molecular formula is C25H20FNO5. The molecule has 1 N–H and O–H groups in total. The first-order valence-electron chi connectivity index (χ1n) is 9.81. The minimum atomic E-state index is -1.79. The Morgan fingerprint density at radius 1 is 0.969 bits per heavy atom. The number of ether oxygens (including phenoxy) is 2. The lowest BCUT2D eigenvalue weighted by Crippen LogP contribution is -2.48. The van der Waals surface area contributed by atoms with E-state index in [1.165, 1.54) is 38.4 Å². The van der Waals surface area contributed by atoms with E-state index in [0.29, 0.717) is 16.9 Å². The molecule has 7 heteroatoms. The minimum Gasteiger partial charge on any atom is -0.468 e. The second-order valence-corrected chi connectivity index (χ2v) is 7.07. The first-order valence-corrected chi connectivity index (χ1v) is 9.81. The molecule has 0 saturated carbocycles. The molecule has 0 spiro atoms. The Hall–Kier alpha value is -4.13. The topological polar surface area (TPSA) is 77.8 Å². The molecule has 0 aliphatic carbocycles. The van der Waals surface area contributed by atoms with Crippen molar-refractivity contribution < 1.29 is 27.9 Å². The van der Waals surface area contributed by atoms with Crippen LogP contribution in [0.1, 0.15) is 21.5 Å². The number of furan rings is 1. The zero-order valence-corrected chi connectivity index (χ0v) is 17.4. The normalized spacial score (nSPS) is 12.7. The van der Waals surface area contributed by atoms with Gasteiger partial charge in [0.25, 0.3) is 5.91 Å². The average molecular weight is 433 g/mol. The molecule has 1 amide bonds. The Balaban J connectivity index is 1.97. The number of methoxy groups -OCH3 is 1. The van der Waals surface area contributed by atoms with Crippen LogP contribution < -0.4 is 10.1 Å². The van der Waals surface area contributed by atoms with E-state index in [2.05, 4.69) is 5.32 Å². The summed E-state index contributed by atoms with van der Waals surface area (Å²) in [5.41, 5.74) is -0.327. The highest BCUT2D eigenvalue weighted by molar-refractivity contribution is 5.93. The molecule has 4 rings (SSSR count). The Morgan fingerprint density at radius 3 is 2.44 bits per heavy atom. The maximum absolute atomic E-state index is 14.3. The summed E-state index contributed by atoms with van der Waals surface area (Å²) in [6.07, 6.45) is 1.55. The molecule has 6 nitrogen and oxygen atoms in total. The van der Waals surface area contributed by atoms with Crippen LogP contribution in [0.15, 0.2) is 83.5 Å². The van der Waals surface area contributed by atoms with Crippen molar-refractivity contribution in [2.24, 2.45) is 0 Å². The van der Waals surface area contributed by atoms with E-state index >= 15 is 0 Å². The van der Waals surface area contributed by atoms with E-state index in [0.717, 1.165) is 5.39 Å². The van der Waals surface area contributed by atoms with E-state index in [1.807, 2.05) is 0 Å². The number of nitrogens with one attached hydrogen (secondary N) is 1. The van der Waals surface area contributed by atoms with Crippen LogP contribution in [0, 0.1) is 5.82 Å². The Labute approximate surface area is 183 Å². The van der Waals surface area contributed by atoms with Crippen LogP contribution in [0.2, 0.25) is 0 Å². The largest absolute Gasteiger partial charge is 0.468 e. The van der Waals surface area contributed by atoms with Gasteiger partial charge in [0.1, 0.15) is 17.1 Å². The lowest BCUT2D eigenvalue weighted by atomic mass is 9.84. The fourth-order valence-electron chi connectivity index (χ4n) is 3.64. The summed E-state index contributed by atoms with van der Waals surface area (Å²) < 4.78 is 30.8. The van der Waals surface area contributed by atoms with Gasteiger partial charge in [-0.15, -0.1) is 0 Å². The molecule has 0 radical (unpaired) electrons. The second-order valence-electron chi connectivity index (χ2n) is 7.07. The first kappa shape index (κ1) is 21.1. The lowest BCUT2D eigenvalue weighted by molar-refractivity contribution is -0.133. The molecule has 0 saturated heterocycles. The van der Waals surface area contributed by atoms with Gasteiger partial charge in [0.15, 0.2) is 0 Å². The number of carbonyl (C=O) groups excluding carboxylic acids is 2. The van der Waals surface area contributed by atoms with Crippen molar-refractivity contribution in [3.8, 4) is 5.75 Å². The van der Waals surface area contributed by atoms with Gasteiger partial charge in [0, 0.05) is 23.6 Å². The number of amides is 1. The van der Waals surface area contributed by atoms with Crippen LogP contribution in [0.4, 0.5) is 4.39 Å². The third-order valence-electron chi connectivity index (χ3n) is 5.16. The highest BCUT2D eigenvalue weighted by atomic mass is 19.1. The summed E-state index contributed by atoms with van der Waals surface area (Å²) in [7, 11) is 2.73. The SMILES string of the molecule is CNC(=O)C(Oc1ccc2occc2c1)(c1cccc(F)c1)c1cccc(C(=O)OC)c1. The maximum atomic E-state index is 14.3. The van der Waals surface area contributed by atoms with Crippen LogP contribution in [-0.2, 0) is 15.1 Å². The van der Waals surface area contributed by atoms with Crippen molar-refractivity contribution in [1.82, 2.24) is 5.32 Å². The summed E-state index contributed by atoms with van der Waals surface area (Å²) in [5, 5.41) is 3.39. The number of hydrogen-bond donors (Lipinski definition) is 1. The molecule has 1 heterocycles. The van der Waals surface area contributed by atoms with Crippen molar-refractivity contribution in [3.05, 3.63) is 102 Å². The summed E-state index contributed by atoms with van der Waals surface area (Å²) in [5.74, 6) is -1.29. The monoisotopic (exact) mass is 433 g/mol. The molecule has 0 aliphatic rings. The van der Waals surface area contributed by atoms with Gasteiger partial charge in [-0.25, -0.2) is 9.18 Å². The van der Waals surface area contributed by atoms with Crippen LogP contribution in [0.3, 0.4) is 0 Å². The van der Waals surface area contributed by atoms with Crippen LogP contribution in [0.5, 0.6) is 5.75 Å². The van der Waals surface area contributed by atoms with Crippen molar-refractivity contribution in [3.63, 3.8) is 0 Å². The predicted octanol–water partition coefficient (Wildman–Crippen LogP) is 4.43. The standard InChI is InChI=1S/C25H20FNO5/c1-27-24(29)25(19-7-4-8-20(26)15-19,18-6-3-5-17(13-18)23(28)30-2)32-21-9-10-22-16(14-21)11-12-31-22/h3-15H,1-2H3,(H,27,29). The summed E-state index contributed by atoms with van der Waals surface area (Å²) in [6.45, 7) is 0. The highest BCUT2D eigenvalue weighted by Crippen LogP contribution is 2.37. The van der Waals surface area contributed by atoms with Gasteiger partial charge in [0.05, 0.1) is 18.9 Å². The molecule has 0 fully saturated rings. The minimum absolute atomic E-state index is 0.226. The number of rotatable bonds is 6. The molecule has 32 heavy (non-hydrogen) atoms. The van der Waals surface area contributed by atoms with Gasteiger partial charge in [-0.2, -0.15) is 0 Å². The van der Waals surface area contributed by atoms with Gasteiger partial charge >= 0.3 is 5.97 Å². The number of hydrogen-bond acceptors (Lipinski definition) is 5. The zero-order chi connectivity index (χ0) is 22.7. The fourth-order valence-corrected chi connectivity index (χ4v) is 3.64. The number of esters is 1. The van der Waals surface area contributed by atoms with Gasteiger partial charge in [-0.3, -0.25) is 4.79 Å². The van der Waals surface area contributed by atoms with Crippen molar-refractivity contribution >= 4 is 22.8 Å². The molecule has 0 bridgehead atoms. The molecule has 1 unspecified atom stereocenters. The molecule has 4 aromatic rings. The fraction of sp³-hybridized carbons (Fsp3) is 0.120. The molecule has 3 aromatic carbocycles. The molecule has 162 valence electrons. The number of fused-ring (bicyclic) bond motifs is 1.